The number of aromatic nitrogens is 1. The quantitative estimate of drug-likeness (QED) is 0.182. The summed E-state index contributed by atoms with van der Waals surface area (Å²) >= 11 is 0. The number of hydrogen-bond acceptors (Lipinski definition) is 1. The van der Waals surface area contributed by atoms with Gasteiger partial charge >= 0.3 is 0 Å². The molecule has 2 aliphatic carbocycles. The van der Waals surface area contributed by atoms with E-state index in [-0.39, 0.29) is 11.8 Å². The van der Waals surface area contributed by atoms with E-state index in [2.05, 4.69) is 169 Å². The molecule has 2 aliphatic rings. The van der Waals surface area contributed by atoms with Crippen LogP contribution in [0.25, 0.3) is 59.8 Å². The number of rotatable bonds is 3. The Hall–Kier alpha value is -6.05. The Balaban J connectivity index is 1.12. The molecule has 0 bridgehead atoms. The average molecular weight is 610 g/mol. The summed E-state index contributed by atoms with van der Waals surface area (Å²) in [6.45, 7) is 0. The van der Waals surface area contributed by atoms with Gasteiger partial charge in [-0.3, -0.25) is 4.98 Å². The smallest absolute Gasteiger partial charge is 0.0273 e. The maximum Gasteiger partial charge on any atom is 0.0273 e. The number of allylic oxidation sites excluding steroid dienone is 5. The predicted octanol–water partition coefficient (Wildman–Crippen LogP) is 12.1. The lowest BCUT2D eigenvalue weighted by molar-refractivity contribution is 0.649. The van der Waals surface area contributed by atoms with E-state index in [4.69, 9.17) is 0 Å². The van der Waals surface area contributed by atoms with Gasteiger partial charge in [0.25, 0.3) is 0 Å². The lowest BCUT2D eigenvalue weighted by atomic mass is 9.66. The summed E-state index contributed by atoms with van der Waals surface area (Å²) in [6.07, 6.45) is 12.9. The van der Waals surface area contributed by atoms with E-state index < -0.39 is 0 Å². The van der Waals surface area contributed by atoms with E-state index in [0.717, 1.165) is 0 Å². The number of nitrogens with zero attached hydrogens (tertiary/aromatic N) is 1. The van der Waals surface area contributed by atoms with Gasteiger partial charge in [0.15, 0.2) is 0 Å². The second-order valence-electron chi connectivity index (χ2n) is 13.1. The molecule has 0 aliphatic heterocycles. The largest absolute Gasteiger partial charge is 0.265 e. The standard InChI is InChI=1S/C47H31N/c1-2-10-36-30(9-1)21-22-39-37-11-3-4-12-38(37)44(29-45(36)39)34-19-17-33-28-35(20-18-32(33)27-34)47-42-15-7-5-13-40(42)46(31-23-25-48-26-24-31)41-14-6-8-16-43(41)47/h1-29,42,47H. The summed E-state index contributed by atoms with van der Waals surface area (Å²) in [5.74, 6) is 0.480. The molecule has 0 saturated heterocycles. The Morgan fingerprint density at radius 3 is 2.10 bits per heavy atom. The van der Waals surface area contributed by atoms with Crippen molar-refractivity contribution in [3.63, 3.8) is 0 Å². The molecule has 0 amide bonds. The molecule has 7 aromatic carbocycles. The highest BCUT2D eigenvalue weighted by Gasteiger charge is 2.35. The molecule has 1 aromatic heterocycles. The van der Waals surface area contributed by atoms with Crippen molar-refractivity contribution in [3.8, 4) is 11.1 Å². The van der Waals surface area contributed by atoms with E-state index in [1.807, 2.05) is 12.4 Å². The zero-order valence-corrected chi connectivity index (χ0v) is 26.3. The zero-order chi connectivity index (χ0) is 31.6. The van der Waals surface area contributed by atoms with E-state index in [1.165, 1.54) is 87.6 Å². The van der Waals surface area contributed by atoms with Gasteiger partial charge in [-0.2, -0.15) is 0 Å². The summed E-state index contributed by atoms with van der Waals surface area (Å²) in [5, 5.41) is 10.3. The van der Waals surface area contributed by atoms with Gasteiger partial charge in [0.1, 0.15) is 0 Å². The van der Waals surface area contributed by atoms with Crippen molar-refractivity contribution < 1.29 is 0 Å². The van der Waals surface area contributed by atoms with Gasteiger partial charge in [-0.25, -0.2) is 0 Å². The summed E-state index contributed by atoms with van der Waals surface area (Å²) in [7, 11) is 0. The van der Waals surface area contributed by atoms with Crippen LogP contribution in [0.5, 0.6) is 0 Å². The minimum Gasteiger partial charge on any atom is -0.265 e. The number of benzene rings is 7. The van der Waals surface area contributed by atoms with Gasteiger partial charge in [-0.15, -0.1) is 0 Å². The van der Waals surface area contributed by atoms with Crippen molar-refractivity contribution in [1.29, 1.82) is 0 Å². The van der Waals surface area contributed by atoms with E-state index >= 15 is 0 Å². The molecule has 1 heteroatoms. The van der Waals surface area contributed by atoms with Gasteiger partial charge < -0.3 is 0 Å². The summed E-state index contributed by atoms with van der Waals surface area (Å²) in [4.78, 5) is 4.30. The van der Waals surface area contributed by atoms with Gasteiger partial charge in [0, 0.05) is 24.2 Å². The maximum atomic E-state index is 4.30. The molecule has 10 rings (SSSR count). The van der Waals surface area contributed by atoms with Crippen LogP contribution in [-0.4, -0.2) is 4.98 Å². The number of fused-ring (bicyclic) bond motifs is 8. The summed E-state index contributed by atoms with van der Waals surface area (Å²) in [5.41, 5.74) is 10.5. The highest BCUT2D eigenvalue weighted by atomic mass is 14.6. The molecule has 0 radical (unpaired) electrons. The van der Waals surface area contributed by atoms with E-state index in [0.29, 0.717) is 0 Å². The molecule has 224 valence electrons. The second kappa shape index (κ2) is 10.8. The van der Waals surface area contributed by atoms with Crippen molar-refractivity contribution in [2.45, 2.75) is 5.92 Å². The maximum absolute atomic E-state index is 4.30. The van der Waals surface area contributed by atoms with Crippen LogP contribution in [0, 0.1) is 5.92 Å². The molecule has 1 heterocycles. The first kappa shape index (κ1) is 27.1. The summed E-state index contributed by atoms with van der Waals surface area (Å²) < 4.78 is 0. The Kier molecular flexibility index (Phi) is 6.07. The van der Waals surface area contributed by atoms with Crippen LogP contribution < -0.4 is 0 Å². The number of hydrogen-bond donors (Lipinski definition) is 0. The molecule has 2 atom stereocenters. The molecule has 2 unspecified atom stereocenters. The monoisotopic (exact) mass is 609 g/mol. The fourth-order valence-electron chi connectivity index (χ4n) is 8.40. The van der Waals surface area contributed by atoms with Crippen LogP contribution in [0.4, 0.5) is 0 Å². The third-order valence-corrected chi connectivity index (χ3v) is 10.5. The third kappa shape index (κ3) is 4.14. The molecule has 0 N–H and O–H groups in total. The molecule has 0 saturated carbocycles. The second-order valence-corrected chi connectivity index (χ2v) is 13.1. The van der Waals surface area contributed by atoms with Crippen molar-refractivity contribution >= 4 is 48.7 Å². The van der Waals surface area contributed by atoms with Crippen LogP contribution in [0.15, 0.2) is 182 Å². The first-order chi connectivity index (χ1) is 23.8. The van der Waals surface area contributed by atoms with Gasteiger partial charge in [-0.1, -0.05) is 140 Å². The van der Waals surface area contributed by atoms with Crippen molar-refractivity contribution in [2.75, 3.05) is 0 Å². The van der Waals surface area contributed by atoms with Crippen molar-refractivity contribution in [2.24, 2.45) is 5.92 Å². The van der Waals surface area contributed by atoms with Gasteiger partial charge in [0.2, 0.25) is 0 Å². The first-order valence-corrected chi connectivity index (χ1v) is 16.8. The lowest BCUT2D eigenvalue weighted by Crippen LogP contribution is -2.22. The Morgan fingerprint density at radius 2 is 1.19 bits per heavy atom. The Labute approximate surface area is 279 Å². The highest BCUT2D eigenvalue weighted by Crippen LogP contribution is 2.50. The molecule has 0 spiro atoms. The van der Waals surface area contributed by atoms with Crippen LogP contribution in [-0.2, 0) is 0 Å². The molecule has 48 heavy (non-hydrogen) atoms. The average Bonchev–Trinajstić information content (AvgIpc) is 3.16. The Bertz CT molecular complexity index is 2670. The predicted molar refractivity (Wildman–Crippen MR) is 202 cm³/mol. The topological polar surface area (TPSA) is 12.9 Å². The fraction of sp³-hybridized carbons (Fsp3) is 0.0426. The highest BCUT2D eigenvalue weighted by molar-refractivity contribution is 6.21. The minimum atomic E-state index is 0.227. The molecule has 8 aromatic rings. The SMILES string of the molecule is C1=CC2=C(c3ccncc3)c3ccccc3C(c3ccc4cc(-c5cc6c7ccccc7ccc6c6ccccc56)ccc4c3)C2C=C1. The molecular weight excluding hydrogens is 579 g/mol. The Morgan fingerprint density at radius 1 is 0.458 bits per heavy atom. The molecular formula is C47H31N. The van der Waals surface area contributed by atoms with E-state index in [9.17, 15) is 0 Å². The van der Waals surface area contributed by atoms with Crippen LogP contribution >= 0.6 is 0 Å². The minimum absolute atomic E-state index is 0.227. The zero-order valence-electron chi connectivity index (χ0n) is 26.3. The molecule has 1 nitrogen and oxygen atoms in total. The number of pyridine rings is 1. The van der Waals surface area contributed by atoms with Crippen LogP contribution in [0.3, 0.4) is 0 Å². The fourth-order valence-corrected chi connectivity index (χ4v) is 8.40. The van der Waals surface area contributed by atoms with Gasteiger partial charge in [-0.05, 0) is 112 Å². The third-order valence-electron chi connectivity index (χ3n) is 10.5. The lowest BCUT2D eigenvalue weighted by Gasteiger charge is -2.37. The van der Waals surface area contributed by atoms with Crippen molar-refractivity contribution in [1.82, 2.24) is 4.98 Å². The first-order valence-electron chi connectivity index (χ1n) is 16.8. The normalized spacial score (nSPS) is 16.9. The van der Waals surface area contributed by atoms with E-state index in [1.54, 1.807) is 0 Å². The molecule has 0 fully saturated rings. The summed E-state index contributed by atoms with van der Waals surface area (Å²) in [6, 6.07) is 51.9. The van der Waals surface area contributed by atoms with Crippen LogP contribution in [0.2, 0.25) is 0 Å². The van der Waals surface area contributed by atoms with Crippen molar-refractivity contribution in [3.05, 3.63) is 204 Å². The van der Waals surface area contributed by atoms with Gasteiger partial charge in [0.05, 0.1) is 0 Å². The van der Waals surface area contributed by atoms with Crippen LogP contribution in [0.1, 0.15) is 28.2 Å².